The molecule has 1 aliphatic rings. The van der Waals surface area contributed by atoms with Gasteiger partial charge in [-0.2, -0.15) is 0 Å². The van der Waals surface area contributed by atoms with Crippen molar-refractivity contribution in [2.24, 2.45) is 10.7 Å². The average molecular weight is 432 g/mol. The number of allylic oxidation sites excluding steroid dienone is 1. The van der Waals surface area contributed by atoms with Gasteiger partial charge in [0.05, 0.1) is 21.7 Å². The van der Waals surface area contributed by atoms with E-state index in [2.05, 4.69) is 32.8 Å². The Balaban J connectivity index is 2.01. The number of nitrogens with two attached hydrogens (primary N) is 1. The number of benzene rings is 1. The lowest BCUT2D eigenvalue weighted by atomic mass is 10.2. The lowest BCUT2D eigenvalue weighted by molar-refractivity contribution is -0.0581. The standard InChI is InChI=1S/C17H21BrClFN4O/c1-10-8-24(9-11(2)25-10)17(21)14(18)7-22-12(3)23-13-4-5-16(20)15(19)6-13/h4-7,10-11,23H,3,8-9,21H2,1-2H3/b17-14-,22-7-. The second kappa shape index (κ2) is 8.69. The van der Waals surface area contributed by atoms with Crippen LogP contribution in [0.5, 0.6) is 0 Å². The maximum Gasteiger partial charge on any atom is 0.141 e. The third-order valence-corrected chi connectivity index (χ3v) is 4.45. The summed E-state index contributed by atoms with van der Waals surface area (Å²) < 4.78 is 19.5. The summed E-state index contributed by atoms with van der Waals surface area (Å²) in [5, 5.41) is 2.97. The van der Waals surface area contributed by atoms with Crippen molar-refractivity contribution in [1.29, 1.82) is 0 Å². The minimum atomic E-state index is -0.478. The number of nitrogens with zero attached hydrogens (tertiary/aromatic N) is 2. The minimum absolute atomic E-state index is 0.0302. The number of ether oxygens (including phenoxy) is 1. The topological polar surface area (TPSA) is 62.9 Å². The molecule has 2 atom stereocenters. The van der Waals surface area contributed by atoms with Crippen molar-refractivity contribution >= 4 is 39.4 Å². The quantitative estimate of drug-likeness (QED) is 0.690. The molecule has 2 unspecified atom stereocenters. The Kier molecular flexibility index (Phi) is 6.87. The molecule has 0 aliphatic carbocycles. The SMILES string of the molecule is C=C(/N=C\C(Br)=C(/N)N1CC(C)OC(C)C1)Nc1ccc(F)c(Cl)c1. The van der Waals surface area contributed by atoms with Crippen LogP contribution >= 0.6 is 27.5 Å². The molecule has 0 spiro atoms. The van der Waals surface area contributed by atoms with Gasteiger partial charge in [0.25, 0.3) is 0 Å². The molecule has 0 amide bonds. The Bertz CT molecular complexity index is 700. The van der Waals surface area contributed by atoms with E-state index in [1.807, 2.05) is 18.7 Å². The zero-order valence-electron chi connectivity index (χ0n) is 14.1. The molecule has 0 aromatic heterocycles. The summed E-state index contributed by atoms with van der Waals surface area (Å²) in [4.78, 5) is 6.26. The highest BCUT2D eigenvalue weighted by molar-refractivity contribution is 9.12. The fraction of sp³-hybridized carbons (Fsp3) is 0.353. The predicted octanol–water partition coefficient (Wildman–Crippen LogP) is 4.06. The molecule has 8 heteroatoms. The lowest BCUT2D eigenvalue weighted by Crippen LogP contribution is -2.46. The van der Waals surface area contributed by atoms with Crippen LogP contribution in [0, 0.1) is 5.82 Å². The van der Waals surface area contributed by atoms with Crippen molar-refractivity contribution < 1.29 is 9.13 Å². The number of anilines is 1. The molecule has 3 N–H and O–H groups in total. The highest BCUT2D eigenvalue weighted by Crippen LogP contribution is 2.21. The van der Waals surface area contributed by atoms with E-state index in [4.69, 9.17) is 22.1 Å². The van der Waals surface area contributed by atoms with Crippen LogP contribution in [0.3, 0.4) is 0 Å². The molecular weight excluding hydrogens is 411 g/mol. The van der Waals surface area contributed by atoms with Crippen LogP contribution in [0.2, 0.25) is 5.02 Å². The molecule has 5 nitrogen and oxygen atoms in total. The van der Waals surface area contributed by atoms with Gasteiger partial charge in [-0.3, -0.25) is 0 Å². The zero-order valence-corrected chi connectivity index (χ0v) is 16.4. The van der Waals surface area contributed by atoms with Gasteiger partial charge in [-0.15, -0.1) is 0 Å². The summed E-state index contributed by atoms with van der Waals surface area (Å²) in [6.07, 6.45) is 1.79. The molecule has 1 heterocycles. The Morgan fingerprint density at radius 2 is 2.12 bits per heavy atom. The first-order valence-electron chi connectivity index (χ1n) is 7.77. The van der Waals surface area contributed by atoms with Crippen molar-refractivity contribution in [2.75, 3.05) is 18.4 Å². The van der Waals surface area contributed by atoms with E-state index in [0.29, 0.717) is 34.9 Å². The van der Waals surface area contributed by atoms with Gasteiger partial charge in [-0.25, -0.2) is 9.38 Å². The maximum atomic E-state index is 13.2. The van der Waals surface area contributed by atoms with Crippen LogP contribution in [0.15, 0.2) is 45.9 Å². The molecule has 2 rings (SSSR count). The molecule has 0 radical (unpaired) electrons. The first kappa shape index (κ1) is 19.8. The number of halogens is 3. The number of hydrogen-bond donors (Lipinski definition) is 2. The van der Waals surface area contributed by atoms with Gasteiger partial charge >= 0.3 is 0 Å². The second-order valence-corrected chi connectivity index (χ2v) is 7.12. The Hall–Kier alpha value is -1.57. The molecule has 25 heavy (non-hydrogen) atoms. The van der Waals surface area contributed by atoms with E-state index in [0.717, 1.165) is 0 Å². The fourth-order valence-electron chi connectivity index (χ4n) is 2.50. The van der Waals surface area contributed by atoms with E-state index in [1.165, 1.54) is 12.1 Å². The summed E-state index contributed by atoms with van der Waals surface area (Å²) in [6.45, 7) is 9.26. The monoisotopic (exact) mass is 430 g/mol. The normalized spacial score (nSPS) is 22.0. The molecule has 0 saturated carbocycles. The minimum Gasteiger partial charge on any atom is -0.384 e. The van der Waals surface area contributed by atoms with Crippen LogP contribution < -0.4 is 11.1 Å². The van der Waals surface area contributed by atoms with E-state index in [1.54, 1.807) is 12.3 Å². The van der Waals surface area contributed by atoms with E-state index < -0.39 is 5.82 Å². The first-order chi connectivity index (χ1) is 11.8. The van der Waals surface area contributed by atoms with Gasteiger partial charge in [-0.05, 0) is 48.0 Å². The third kappa shape index (κ3) is 5.73. The summed E-state index contributed by atoms with van der Waals surface area (Å²) in [7, 11) is 0. The summed E-state index contributed by atoms with van der Waals surface area (Å²) in [6, 6.07) is 4.29. The average Bonchev–Trinajstić information content (AvgIpc) is 2.54. The molecule has 1 aliphatic heterocycles. The van der Waals surface area contributed by atoms with Gasteiger partial charge in [-0.1, -0.05) is 18.2 Å². The van der Waals surface area contributed by atoms with E-state index in [-0.39, 0.29) is 17.2 Å². The van der Waals surface area contributed by atoms with E-state index >= 15 is 0 Å². The molecule has 0 bridgehead atoms. The van der Waals surface area contributed by atoms with Gasteiger partial charge < -0.3 is 20.7 Å². The summed E-state index contributed by atoms with van der Waals surface area (Å²) in [5.41, 5.74) is 6.79. The second-order valence-electron chi connectivity index (χ2n) is 5.85. The number of hydrogen-bond acceptors (Lipinski definition) is 5. The van der Waals surface area contributed by atoms with Crippen LogP contribution in [-0.4, -0.2) is 36.4 Å². The van der Waals surface area contributed by atoms with Crippen molar-refractivity contribution in [2.45, 2.75) is 26.1 Å². The molecule has 1 aromatic rings. The van der Waals surface area contributed by atoms with Crippen LogP contribution in [-0.2, 0) is 4.74 Å². The van der Waals surface area contributed by atoms with Crippen LogP contribution in [0.25, 0.3) is 0 Å². The smallest absolute Gasteiger partial charge is 0.141 e. The molecular formula is C17H21BrClFN4O. The van der Waals surface area contributed by atoms with Gasteiger partial charge in [0.15, 0.2) is 0 Å². The summed E-state index contributed by atoms with van der Waals surface area (Å²) in [5.74, 6) is 0.480. The van der Waals surface area contributed by atoms with Crippen LogP contribution in [0.1, 0.15) is 13.8 Å². The Morgan fingerprint density at radius 3 is 2.72 bits per heavy atom. The fourth-order valence-corrected chi connectivity index (χ4v) is 3.03. The van der Waals surface area contributed by atoms with Gasteiger partial charge in [0, 0.05) is 25.0 Å². The highest BCUT2D eigenvalue weighted by Gasteiger charge is 2.23. The van der Waals surface area contributed by atoms with Gasteiger partial charge in [0.2, 0.25) is 0 Å². The number of aliphatic imine (C=N–C) groups is 1. The number of nitrogens with one attached hydrogen (secondary N) is 1. The first-order valence-corrected chi connectivity index (χ1v) is 8.94. The molecule has 1 saturated heterocycles. The number of morpholine rings is 1. The molecule has 1 aromatic carbocycles. The maximum absolute atomic E-state index is 13.2. The highest BCUT2D eigenvalue weighted by atomic mass is 79.9. The molecule has 1 fully saturated rings. The largest absolute Gasteiger partial charge is 0.384 e. The van der Waals surface area contributed by atoms with Crippen LogP contribution in [0.4, 0.5) is 10.1 Å². The molecule has 136 valence electrons. The van der Waals surface area contributed by atoms with E-state index in [9.17, 15) is 4.39 Å². The predicted molar refractivity (Wildman–Crippen MR) is 104 cm³/mol. The summed E-state index contributed by atoms with van der Waals surface area (Å²) >= 11 is 9.18. The zero-order chi connectivity index (χ0) is 18.6. The van der Waals surface area contributed by atoms with Crippen molar-refractivity contribution in [3.05, 3.63) is 51.7 Å². The van der Waals surface area contributed by atoms with Gasteiger partial charge in [0.1, 0.15) is 17.5 Å². The van der Waals surface area contributed by atoms with Crippen molar-refractivity contribution in [3.63, 3.8) is 0 Å². The number of rotatable bonds is 5. The Morgan fingerprint density at radius 1 is 1.48 bits per heavy atom. The Labute approximate surface area is 160 Å². The third-order valence-electron chi connectivity index (χ3n) is 3.55. The van der Waals surface area contributed by atoms with Crippen molar-refractivity contribution in [1.82, 2.24) is 4.90 Å². The lowest BCUT2D eigenvalue weighted by Gasteiger charge is -2.37. The van der Waals surface area contributed by atoms with Crippen molar-refractivity contribution in [3.8, 4) is 0 Å².